The van der Waals surface area contributed by atoms with E-state index in [-0.39, 0.29) is 10.6 Å². The van der Waals surface area contributed by atoms with Crippen molar-refractivity contribution in [3.05, 3.63) is 39.4 Å². The van der Waals surface area contributed by atoms with Gasteiger partial charge in [-0.1, -0.05) is 12.1 Å². The average Bonchev–Trinajstić information content (AvgIpc) is 2.08. The molecule has 13 heavy (non-hydrogen) atoms. The summed E-state index contributed by atoms with van der Waals surface area (Å²) >= 11 is 0. The van der Waals surface area contributed by atoms with Gasteiger partial charge in [0.25, 0.3) is 5.69 Å². The summed E-state index contributed by atoms with van der Waals surface area (Å²) in [5.41, 5.74) is 7.23. The van der Waals surface area contributed by atoms with E-state index in [0.717, 1.165) is 11.1 Å². The van der Waals surface area contributed by atoms with Crippen LogP contribution in [0, 0.1) is 17.0 Å². The van der Waals surface area contributed by atoms with E-state index in [0.29, 0.717) is 13.0 Å². The van der Waals surface area contributed by atoms with Crippen molar-refractivity contribution in [2.75, 3.05) is 6.54 Å². The molecular formula is C9H12N2O2. The lowest BCUT2D eigenvalue weighted by Crippen LogP contribution is -2.05. The maximum Gasteiger partial charge on any atom is 0.272 e. The van der Waals surface area contributed by atoms with E-state index in [1.807, 2.05) is 6.07 Å². The molecule has 1 aromatic carbocycles. The predicted octanol–water partition coefficient (Wildman–Crippen LogP) is 1.40. The molecule has 0 fully saturated rings. The molecule has 4 heteroatoms. The van der Waals surface area contributed by atoms with E-state index < -0.39 is 0 Å². The van der Waals surface area contributed by atoms with Gasteiger partial charge in [-0.05, 0) is 25.5 Å². The minimum Gasteiger partial charge on any atom is -0.330 e. The molecule has 0 radical (unpaired) electrons. The summed E-state index contributed by atoms with van der Waals surface area (Å²) in [5, 5.41) is 10.6. The summed E-state index contributed by atoms with van der Waals surface area (Å²) in [7, 11) is 0. The molecule has 0 heterocycles. The fourth-order valence-corrected chi connectivity index (χ4v) is 1.29. The Morgan fingerprint density at radius 3 is 2.77 bits per heavy atom. The highest BCUT2D eigenvalue weighted by Crippen LogP contribution is 2.20. The van der Waals surface area contributed by atoms with Crippen LogP contribution in [0.3, 0.4) is 0 Å². The highest BCUT2D eigenvalue weighted by molar-refractivity contribution is 5.44. The minimum atomic E-state index is -0.366. The zero-order valence-electron chi connectivity index (χ0n) is 7.49. The SMILES string of the molecule is Cc1c(CCN)cccc1[N+](=O)[O-]. The summed E-state index contributed by atoms with van der Waals surface area (Å²) < 4.78 is 0. The van der Waals surface area contributed by atoms with Crippen LogP contribution in [0.25, 0.3) is 0 Å². The van der Waals surface area contributed by atoms with Gasteiger partial charge in [-0.3, -0.25) is 10.1 Å². The molecule has 0 aromatic heterocycles. The quantitative estimate of drug-likeness (QED) is 0.564. The number of nitro benzene ring substituents is 1. The van der Waals surface area contributed by atoms with Crippen molar-refractivity contribution in [2.24, 2.45) is 5.73 Å². The van der Waals surface area contributed by atoms with Crippen LogP contribution in [-0.4, -0.2) is 11.5 Å². The van der Waals surface area contributed by atoms with Crippen LogP contribution in [0.15, 0.2) is 18.2 Å². The maximum absolute atomic E-state index is 10.6. The normalized spacial score (nSPS) is 10.0. The molecule has 4 nitrogen and oxygen atoms in total. The van der Waals surface area contributed by atoms with Crippen LogP contribution in [0.1, 0.15) is 11.1 Å². The average molecular weight is 180 g/mol. The second kappa shape index (κ2) is 4.00. The van der Waals surface area contributed by atoms with Crippen LogP contribution in [0.5, 0.6) is 0 Å². The van der Waals surface area contributed by atoms with Crippen molar-refractivity contribution in [3.8, 4) is 0 Å². The molecule has 0 unspecified atom stereocenters. The Labute approximate surface area is 76.5 Å². The Kier molecular flexibility index (Phi) is 2.97. The Hall–Kier alpha value is -1.42. The Morgan fingerprint density at radius 2 is 2.23 bits per heavy atom. The number of hydrogen-bond donors (Lipinski definition) is 1. The van der Waals surface area contributed by atoms with E-state index >= 15 is 0 Å². The van der Waals surface area contributed by atoms with Gasteiger partial charge in [0.1, 0.15) is 0 Å². The van der Waals surface area contributed by atoms with Gasteiger partial charge in [-0.15, -0.1) is 0 Å². The monoisotopic (exact) mass is 180 g/mol. The van der Waals surface area contributed by atoms with Crippen LogP contribution < -0.4 is 5.73 Å². The lowest BCUT2D eigenvalue weighted by molar-refractivity contribution is -0.385. The first-order valence-electron chi connectivity index (χ1n) is 4.09. The lowest BCUT2D eigenvalue weighted by atomic mass is 10.0. The second-order valence-corrected chi connectivity index (χ2v) is 2.86. The van der Waals surface area contributed by atoms with E-state index in [9.17, 15) is 10.1 Å². The zero-order chi connectivity index (χ0) is 9.84. The second-order valence-electron chi connectivity index (χ2n) is 2.86. The highest BCUT2D eigenvalue weighted by Gasteiger charge is 2.11. The van der Waals surface area contributed by atoms with Gasteiger partial charge in [-0.2, -0.15) is 0 Å². The number of rotatable bonds is 3. The van der Waals surface area contributed by atoms with Crippen molar-refractivity contribution in [1.29, 1.82) is 0 Å². The first kappa shape index (κ1) is 9.67. The largest absolute Gasteiger partial charge is 0.330 e. The first-order valence-corrected chi connectivity index (χ1v) is 4.09. The summed E-state index contributed by atoms with van der Waals surface area (Å²) in [5.74, 6) is 0. The molecule has 0 aliphatic carbocycles. The van der Waals surface area contributed by atoms with Crippen LogP contribution >= 0.6 is 0 Å². The molecule has 70 valence electrons. The summed E-state index contributed by atoms with van der Waals surface area (Å²) in [6, 6.07) is 5.07. The number of nitrogens with two attached hydrogens (primary N) is 1. The Morgan fingerprint density at radius 1 is 1.54 bits per heavy atom. The summed E-state index contributed by atoms with van der Waals surface area (Å²) in [6.45, 7) is 2.27. The molecule has 0 spiro atoms. The number of nitro groups is 1. The van der Waals surface area contributed by atoms with Crippen LogP contribution in [-0.2, 0) is 6.42 Å². The van der Waals surface area contributed by atoms with Gasteiger partial charge in [0.05, 0.1) is 4.92 Å². The lowest BCUT2D eigenvalue weighted by Gasteiger charge is -2.03. The number of benzene rings is 1. The summed E-state index contributed by atoms with van der Waals surface area (Å²) in [4.78, 5) is 10.2. The third-order valence-electron chi connectivity index (χ3n) is 2.03. The Balaban J connectivity index is 3.10. The topological polar surface area (TPSA) is 69.2 Å². The van der Waals surface area contributed by atoms with Gasteiger partial charge in [0.2, 0.25) is 0 Å². The smallest absolute Gasteiger partial charge is 0.272 e. The minimum absolute atomic E-state index is 0.172. The van der Waals surface area contributed by atoms with Gasteiger partial charge in [0, 0.05) is 11.6 Å². The van der Waals surface area contributed by atoms with Crippen molar-refractivity contribution < 1.29 is 4.92 Å². The number of nitrogens with zero attached hydrogens (tertiary/aromatic N) is 1. The molecule has 0 saturated carbocycles. The first-order chi connectivity index (χ1) is 6.16. The molecule has 1 aromatic rings. The fraction of sp³-hybridized carbons (Fsp3) is 0.333. The molecule has 0 amide bonds. The highest BCUT2D eigenvalue weighted by atomic mass is 16.6. The molecule has 1 rings (SSSR count). The Bertz CT molecular complexity index is 323. The van der Waals surface area contributed by atoms with E-state index in [4.69, 9.17) is 5.73 Å². The van der Waals surface area contributed by atoms with E-state index in [1.165, 1.54) is 6.07 Å². The van der Waals surface area contributed by atoms with E-state index in [1.54, 1.807) is 13.0 Å². The fourth-order valence-electron chi connectivity index (χ4n) is 1.29. The van der Waals surface area contributed by atoms with Gasteiger partial charge >= 0.3 is 0 Å². The standard InChI is InChI=1S/C9H12N2O2/c1-7-8(5-6-10)3-2-4-9(7)11(12)13/h2-4H,5-6,10H2,1H3. The molecule has 0 saturated heterocycles. The third-order valence-corrected chi connectivity index (χ3v) is 2.03. The van der Waals surface area contributed by atoms with Gasteiger partial charge < -0.3 is 5.73 Å². The van der Waals surface area contributed by atoms with Crippen molar-refractivity contribution in [3.63, 3.8) is 0 Å². The maximum atomic E-state index is 10.6. The van der Waals surface area contributed by atoms with E-state index in [2.05, 4.69) is 0 Å². The summed E-state index contributed by atoms with van der Waals surface area (Å²) in [6.07, 6.45) is 0.688. The zero-order valence-corrected chi connectivity index (χ0v) is 7.49. The molecule has 0 bridgehead atoms. The van der Waals surface area contributed by atoms with Crippen molar-refractivity contribution in [2.45, 2.75) is 13.3 Å². The molecule has 0 aliphatic heterocycles. The van der Waals surface area contributed by atoms with Crippen LogP contribution in [0.4, 0.5) is 5.69 Å². The molecule has 0 atom stereocenters. The van der Waals surface area contributed by atoms with Crippen molar-refractivity contribution >= 4 is 5.69 Å². The molecular weight excluding hydrogens is 168 g/mol. The van der Waals surface area contributed by atoms with Gasteiger partial charge in [0.15, 0.2) is 0 Å². The van der Waals surface area contributed by atoms with Crippen LogP contribution in [0.2, 0.25) is 0 Å². The molecule has 0 aliphatic rings. The predicted molar refractivity (Wildman–Crippen MR) is 50.6 cm³/mol. The molecule has 2 N–H and O–H groups in total. The van der Waals surface area contributed by atoms with Crippen molar-refractivity contribution in [1.82, 2.24) is 0 Å². The third kappa shape index (κ3) is 2.03. The number of hydrogen-bond acceptors (Lipinski definition) is 3. The van der Waals surface area contributed by atoms with Gasteiger partial charge in [-0.25, -0.2) is 0 Å².